The standard InChI is InChI=1S/C37H73NO3/c1-3-5-7-9-10-11-12-13-14-15-16-17-18-19-20-21-22-23-24-25-26-27-29-31-33-37(41)38-35(34-39)36(40)32-30-28-8-6-4-2/h30,32,35-36,39-40H,3-29,31,33-34H2,1-2H3,(H,38,41)/b32-30+. The highest BCUT2D eigenvalue weighted by atomic mass is 16.3. The molecule has 0 fully saturated rings. The number of hydrogen-bond acceptors (Lipinski definition) is 3. The number of allylic oxidation sites excluding steroid dienone is 1. The number of carbonyl (C=O) groups excluding carboxylic acids is 1. The average molecular weight is 580 g/mol. The average Bonchev–Trinajstić information content (AvgIpc) is 2.97. The van der Waals surface area contributed by atoms with Crippen LogP contribution in [-0.4, -0.2) is 34.9 Å². The van der Waals surface area contributed by atoms with E-state index < -0.39 is 12.1 Å². The van der Waals surface area contributed by atoms with Crippen molar-refractivity contribution in [3.05, 3.63) is 12.2 Å². The van der Waals surface area contributed by atoms with Crippen LogP contribution in [0, 0.1) is 0 Å². The second kappa shape index (κ2) is 33.6. The van der Waals surface area contributed by atoms with E-state index in [1.54, 1.807) is 6.08 Å². The topological polar surface area (TPSA) is 69.6 Å². The molecule has 0 aromatic heterocycles. The van der Waals surface area contributed by atoms with Crippen molar-refractivity contribution in [1.29, 1.82) is 0 Å². The molecular weight excluding hydrogens is 506 g/mol. The minimum atomic E-state index is -0.829. The summed E-state index contributed by atoms with van der Waals surface area (Å²) in [6.07, 6.45) is 40.6. The molecule has 2 unspecified atom stereocenters. The van der Waals surface area contributed by atoms with Gasteiger partial charge >= 0.3 is 0 Å². The predicted octanol–water partition coefficient (Wildman–Crippen LogP) is 10.7. The molecule has 0 rings (SSSR count). The van der Waals surface area contributed by atoms with Crippen LogP contribution in [0.25, 0.3) is 0 Å². The van der Waals surface area contributed by atoms with Crippen LogP contribution >= 0.6 is 0 Å². The molecule has 2 atom stereocenters. The Morgan fingerprint density at radius 1 is 0.561 bits per heavy atom. The maximum absolute atomic E-state index is 12.2. The van der Waals surface area contributed by atoms with E-state index in [2.05, 4.69) is 19.2 Å². The van der Waals surface area contributed by atoms with Gasteiger partial charge < -0.3 is 15.5 Å². The van der Waals surface area contributed by atoms with Gasteiger partial charge in [-0.1, -0.05) is 187 Å². The van der Waals surface area contributed by atoms with Gasteiger partial charge in [0.15, 0.2) is 0 Å². The lowest BCUT2D eigenvalue weighted by molar-refractivity contribution is -0.123. The smallest absolute Gasteiger partial charge is 0.220 e. The molecule has 0 aliphatic rings. The van der Waals surface area contributed by atoms with Crippen LogP contribution < -0.4 is 5.32 Å². The van der Waals surface area contributed by atoms with Crippen LogP contribution in [0.5, 0.6) is 0 Å². The van der Waals surface area contributed by atoms with Crippen LogP contribution in [0.15, 0.2) is 12.2 Å². The Labute approximate surface area is 256 Å². The number of aliphatic hydroxyl groups is 2. The Morgan fingerprint density at radius 2 is 0.902 bits per heavy atom. The van der Waals surface area contributed by atoms with E-state index in [0.717, 1.165) is 25.7 Å². The van der Waals surface area contributed by atoms with Crippen molar-refractivity contribution < 1.29 is 15.0 Å². The molecule has 0 spiro atoms. The van der Waals surface area contributed by atoms with Gasteiger partial charge in [-0.2, -0.15) is 0 Å². The Balaban J connectivity index is 3.37. The van der Waals surface area contributed by atoms with Crippen molar-refractivity contribution in [2.24, 2.45) is 0 Å². The molecule has 244 valence electrons. The van der Waals surface area contributed by atoms with Crippen molar-refractivity contribution in [1.82, 2.24) is 5.32 Å². The first-order valence-electron chi connectivity index (χ1n) is 18.4. The highest BCUT2D eigenvalue weighted by molar-refractivity contribution is 5.76. The van der Waals surface area contributed by atoms with Gasteiger partial charge in [0, 0.05) is 6.42 Å². The Bertz CT molecular complexity index is 550. The second-order valence-electron chi connectivity index (χ2n) is 12.7. The van der Waals surface area contributed by atoms with Crippen LogP contribution in [-0.2, 0) is 4.79 Å². The lowest BCUT2D eigenvalue weighted by atomic mass is 10.0. The van der Waals surface area contributed by atoms with Gasteiger partial charge in [-0.15, -0.1) is 0 Å². The van der Waals surface area contributed by atoms with Crippen LogP contribution in [0.4, 0.5) is 0 Å². The summed E-state index contributed by atoms with van der Waals surface area (Å²) in [5.41, 5.74) is 0. The quantitative estimate of drug-likeness (QED) is 0.0535. The van der Waals surface area contributed by atoms with Gasteiger partial charge in [-0.05, 0) is 19.3 Å². The fourth-order valence-corrected chi connectivity index (χ4v) is 5.65. The minimum absolute atomic E-state index is 0.0683. The minimum Gasteiger partial charge on any atom is -0.394 e. The monoisotopic (exact) mass is 580 g/mol. The largest absolute Gasteiger partial charge is 0.394 e. The predicted molar refractivity (Wildman–Crippen MR) is 179 cm³/mol. The van der Waals surface area contributed by atoms with E-state index in [0.29, 0.717) is 6.42 Å². The van der Waals surface area contributed by atoms with Gasteiger partial charge in [-0.25, -0.2) is 0 Å². The second-order valence-corrected chi connectivity index (χ2v) is 12.7. The zero-order valence-corrected chi connectivity index (χ0v) is 27.8. The summed E-state index contributed by atoms with van der Waals surface area (Å²) in [5.74, 6) is -0.0683. The molecule has 0 radical (unpaired) electrons. The molecule has 1 amide bonds. The molecule has 41 heavy (non-hydrogen) atoms. The summed E-state index contributed by atoms with van der Waals surface area (Å²) in [7, 11) is 0. The highest BCUT2D eigenvalue weighted by Gasteiger charge is 2.17. The number of aliphatic hydroxyl groups excluding tert-OH is 2. The molecule has 0 saturated heterocycles. The number of rotatable bonds is 33. The lowest BCUT2D eigenvalue weighted by Gasteiger charge is -2.20. The Kier molecular flexibility index (Phi) is 32.9. The summed E-state index contributed by atoms with van der Waals surface area (Å²) < 4.78 is 0. The lowest BCUT2D eigenvalue weighted by Crippen LogP contribution is -2.45. The normalized spacial score (nSPS) is 13.2. The number of amides is 1. The first-order valence-corrected chi connectivity index (χ1v) is 18.4. The molecule has 4 heteroatoms. The van der Waals surface area contributed by atoms with Crippen molar-refractivity contribution in [3.8, 4) is 0 Å². The van der Waals surface area contributed by atoms with Gasteiger partial charge in [0.2, 0.25) is 5.91 Å². The summed E-state index contributed by atoms with van der Waals surface area (Å²) in [6.45, 7) is 4.21. The van der Waals surface area contributed by atoms with Gasteiger partial charge in [0.25, 0.3) is 0 Å². The van der Waals surface area contributed by atoms with Gasteiger partial charge in [0.1, 0.15) is 0 Å². The van der Waals surface area contributed by atoms with Crippen molar-refractivity contribution in [3.63, 3.8) is 0 Å². The van der Waals surface area contributed by atoms with Crippen LogP contribution in [0.1, 0.15) is 200 Å². The fourth-order valence-electron chi connectivity index (χ4n) is 5.65. The first-order chi connectivity index (χ1) is 20.2. The van der Waals surface area contributed by atoms with Crippen LogP contribution in [0.2, 0.25) is 0 Å². The SMILES string of the molecule is CCCCC/C=C/C(O)C(CO)NC(=O)CCCCCCCCCCCCCCCCCCCCCCCCCC. The summed E-state index contributed by atoms with van der Waals surface area (Å²) in [5, 5.41) is 22.5. The van der Waals surface area contributed by atoms with E-state index in [-0.39, 0.29) is 12.5 Å². The molecule has 0 saturated carbocycles. The number of carbonyl (C=O) groups is 1. The number of nitrogens with one attached hydrogen (secondary N) is 1. The molecule has 0 aliphatic heterocycles. The molecular formula is C37H73NO3. The molecule has 0 heterocycles. The van der Waals surface area contributed by atoms with Crippen molar-refractivity contribution in [2.45, 2.75) is 212 Å². The number of hydrogen-bond donors (Lipinski definition) is 3. The Hall–Kier alpha value is -0.870. The molecule has 0 bridgehead atoms. The molecule has 0 aromatic rings. The van der Waals surface area contributed by atoms with Gasteiger partial charge in [-0.3, -0.25) is 4.79 Å². The highest BCUT2D eigenvalue weighted by Crippen LogP contribution is 2.16. The van der Waals surface area contributed by atoms with E-state index in [1.807, 2.05) is 6.08 Å². The first kappa shape index (κ1) is 40.1. The van der Waals surface area contributed by atoms with Gasteiger partial charge in [0.05, 0.1) is 18.8 Å². The Morgan fingerprint density at radius 3 is 1.27 bits per heavy atom. The third-order valence-electron chi connectivity index (χ3n) is 8.52. The molecule has 0 aliphatic carbocycles. The fraction of sp³-hybridized carbons (Fsp3) is 0.919. The molecule has 3 N–H and O–H groups in total. The zero-order valence-electron chi connectivity index (χ0n) is 27.8. The third-order valence-corrected chi connectivity index (χ3v) is 8.52. The van der Waals surface area contributed by atoms with E-state index in [4.69, 9.17) is 0 Å². The maximum Gasteiger partial charge on any atom is 0.220 e. The number of unbranched alkanes of at least 4 members (excludes halogenated alkanes) is 26. The summed E-state index contributed by atoms with van der Waals surface area (Å²) in [4.78, 5) is 12.2. The van der Waals surface area contributed by atoms with Crippen LogP contribution in [0.3, 0.4) is 0 Å². The third kappa shape index (κ3) is 30.4. The zero-order chi connectivity index (χ0) is 30.1. The summed E-state index contributed by atoms with van der Waals surface area (Å²) in [6, 6.07) is -0.612. The van der Waals surface area contributed by atoms with Crippen molar-refractivity contribution in [2.75, 3.05) is 6.61 Å². The molecule has 0 aromatic carbocycles. The van der Waals surface area contributed by atoms with Crippen molar-refractivity contribution >= 4 is 5.91 Å². The van der Waals surface area contributed by atoms with E-state index in [1.165, 1.54) is 154 Å². The summed E-state index contributed by atoms with van der Waals surface area (Å²) >= 11 is 0. The maximum atomic E-state index is 12.2. The molecule has 4 nitrogen and oxygen atoms in total. The van der Waals surface area contributed by atoms with E-state index in [9.17, 15) is 15.0 Å². The van der Waals surface area contributed by atoms with E-state index >= 15 is 0 Å².